The molecule has 0 saturated carbocycles. The molecule has 56 valence electrons. The van der Waals surface area contributed by atoms with Crippen LogP contribution in [0.1, 0.15) is 0 Å². The lowest BCUT2D eigenvalue weighted by molar-refractivity contribution is 1.08. The van der Waals surface area contributed by atoms with Gasteiger partial charge in [0.2, 0.25) is 5.65 Å². The molecule has 0 atom stereocenters. The maximum absolute atomic E-state index is 5.59. The van der Waals surface area contributed by atoms with Gasteiger partial charge in [-0.15, -0.1) is 0 Å². The molecule has 2 aromatic rings. The molecule has 6 heteroatoms. The van der Waals surface area contributed by atoms with E-state index in [0.29, 0.717) is 16.3 Å². The highest BCUT2D eigenvalue weighted by atomic mass is 79.9. The summed E-state index contributed by atoms with van der Waals surface area (Å²) in [5, 5.41) is 6.88. The highest BCUT2D eigenvalue weighted by Gasteiger charge is 2.04. The summed E-state index contributed by atoms with van der Waals surface area (Å²) < 4.78 is 0.719. The van der Waals surface area contributed by atoms with Gasteiger partial charge in [0.15, 0.2) is 0 Å². The average Bonchev–Trinajstić information content (AvgIpc) is 2.32. The molecule has 2 rings (SSSR count). The lowest BCUT2D eigenvalue weighted by Gasteiger charge is -1.86. The summed E-state index contributed by atoms with van der Waals surface area (Å²) in [5.74, 6) is 0. The van der Waals surface area contributed by atoms with Crippen LogP contribution in [0.15, 0.2) is 10.8 Å². The van der Waals surface area contributed by atoms with Crippen LogP contribution in [0.25, 0.3) is 11.2 Å². The number of hydrogen-bond acceptors (Lipinski definition) is 3. The molecular formula is C5H2BrClN4. The van der Waals surface area contributed by atoms with Crippen molar-refractivity contribution in [2.45, 2.75) is 0 Å². The van der Waals surface area contributed by atoms with Crippen LogP contribution in [0.2, 0.25) is 5.15 Å². The molecule has 0 fully saturated rings. The van der Waals surface area contributed by atoms with Crippen LogP contribution >= 0.6 is 27.5 Å². The van der Waals surface area contributed by atoms with E-state index in [0.717, 1.165) is 4.60 Å². The number of nitrogens with zero attached hydrogens (tertiary/aromatic N) is 3. The monoisotopic (exact) mass is 232 g/mol. The molecule has 0 radical (unpaired) electrons. The second-order valence-corrected chi connectivity index (χ2v) is 3.08. The Balaban J connectivity index is 2.86. The summed E-state index contributed by atoms with van der Waals surface area (Å²) in [4.78, 5) is 7.93. The van der Waals surface area contributed by atoms with Crippen molar-refractivity contribution >= 4 is 38.7 Å². The molecular weight excluding hydrogens is 231 g/mol. The van der Waals surface area contributed by atoms with Crippen molar-refractivity contribution in [1.82, 2.24) is 20.2 Å². The Morgan fingerprint density at radius 3 is 3.18 bits per heavy atom. The summed E-state index contributed by atoms with van der Waals surface area (Å²) >= 11 is 8.81. The van der Waals surface area contributed by atoms with E-state index >= 15 is 0 Å². The van der Waals surface area contributed by atoms with Gasteiger partial charge in [0, 0.05) is 0 Å². The normalized spacial score (nSPS) is 10.7. The Morgan fingerprint density at radius 2 is 2.36 bits per heavy atom. The first kappa shape index (κ1) is 7.00. The highest BCUT2D eigenvalue weighted by Crippen LogP contribution is 2.17. The minimum Gasteiger partial charge on any atom is -0.267 e. The molecule has 2 heterocycles. The molecule has 0 aliphatic rings. The van der Waals surface area contributed by atoms with E-state index in [1.807, 2.05) is 0 Å². The van der Waals surface area contributed by atoms with E-state index in [4.69, 9.17) is 11.6 Å². The van der Waals surface area contributed by atoms with Gasteiger partial charge in [-0.2, -0.15) is 5.10 Å². The van der Waals surface area contributed by atoms with Crippen molar-refractivity contribution in [2.24, 2.45) is 0 Å². The molecule has 0 bridgehead atoms. The molecule has 1 N–H and O–H groups in total. The molecule has 11 heavy (non-hydrogen) atoms. The molecule has 0 unspecified atom stereocenters. The van der Waals surface area contributed by atoms with Gasteiger partial charge in [-0.1, -0.05) is 11.6 Å². The first-order valence-electron chi connectivity index (χ1n) is 2.79. The fourth-order valence-electron chi connectivity index (χ4n) is 0.746. The van der Waals surface area contributed by atoms with E-state index in [2.05, 4.69) is 36.1 Å². The Morgan fingerprint density at radius 1 is 1.55 bits per heavy atom. The van der Waals surface area contributed by atoms with Gasteiger partial charge < -0.3 is 0 Å². The smallest absolute Gasteiger partial charge is 0.202 e. The topological polar surface area (TPSA) is 54.5 Å². The van der Waals surface area contributed by atoms with Gasteiger partial charge in [-0.3, -0.25) is 5.10 Å². The maximum Gasteiger partial charge on any atom is 0.202 e. The van der Waals surface area contributed by atoms with Crippen LogP contribution in [0.3, 0.4) is 0 Å². The largest absolute Gasteiger partial charge is 0.267 e. The SMILES string of the molecule is Clc1cnc2c(Br)[nH]nc2n1. The van der Waals surface area contributed by atoms with Crippen molar-refractivity contribution in [1.29, 1.82) is 0 Å². The highest BCUT2D eigenvalue weighted by molar-refractivity contribution is 9.10. The van der Waals surface area contributed by atoms with E-state index in [9.17, 15) is 0 Å². The summed E-state index contributed by atoms with van der Waals surface area (Å²) in [6, 6.07) is 0. The van der Waals surface area contributed by atoms with Gasteiger partial charge in [0.25, 0.3) is 0 Å². The number of fused-ring (bicyclic) bond motifs is 1. The molecule has 0 aliphatic carbocycles. The van der Waals surface area contributed by atoms with Crippen molar-refractivity contribution in [3.05, 3.63) is 16.0 Å². The van der Waals surface area contributed by atoms with Gasteiger partial charge in [0.05, 0.1) is 6.20 Å². The zero-order valence-electron chi connectivity index (χ0n) is 5.17. The van der Waals surface area contributed by atoms with Crippen LogP contribution in [0.4, 0.5) is 0 Å². The third-order valence-electron chi connectivity index (χ3n) is 1.19. The predicted octanol–water partition coefficient (Wildman–Crippen LogP) is 1.77. The second-order valence-electron chi connectivity index (χ2n) is 1.90. The average molecular weight is 233 g/mol. The third-order valence-corrected chi connectivity index (χ3v) is 1.93. The Bertz CT molecular complexity index is 398. The van der Waals surface area contributed by atoms with Crippen molar-refractivity contribution < 1.29 is 0 Å². The lowest BCUT2D eigenvalue weighted by Crippen LogP contribution is -1.80. The summed E-state index contributed by atoms with van der Waals surface area (Å²) in [6.07, 6.45) is 1.48. The Hall–Kier alpha value is -0.680. The second kappa shape index (κ2) is 2.42. The molecule has 0 saturated heterocycles. The van der Waals surface area contributed by atoms with Crippen LogP contribution in [-0.2, 0) is 0 Å². The third kappa shape index (κ3) is 1.10. The number of H-pyrrole nitrogens is 1. The van der Waals surface area contributed by atoms with Gasteiger partial charge in [-0.05, 0) is 15.9 Å². The van der Waals surface area contributed by atoms with Gasteiger partial charge in [-0.25, -0.2) is 9.97 Å². The number of hydrogen-bond donors (Lipinski definition) is 1. The number of aromatic amines is 1. The van der Waals surface area contributed by atoms with E-state index in [1.54, 1.807) is 0 Å². The van der Waals surface area contributed by atoms with Crippen molar-refractivity contribution in [2.75, 3.05) is 0 Å². The lowest BCUT2D eigenvalue weighted by atomic mass is 10.6. The Kier molecular flexibility index (Phi) is 1.54. The molecule has 0 amide bonds. The molecule has 4 nitrogen and oxygen atoms in total. The maximum atomic E-state index is 5.59. The van der Waals surface area contributed by atoms with Crippen LogP contribution in [-0.4, -0.2) is 20.2 Å². The first-order valence-corrected chi connectivity index (χ1v) is 3.96. The summed E-state index contributed by atoms with van der Waals surface area (Å²) in [7, 11) is 0. The predicted molar refractivity (Wildman–Crippen MR) is 44.4 cm³/mol. The van der Waals surface area contributed by atoms with Crippen molar-refractivity contribution in [3.8, 4) is 0 Å². The standard InChI is InChI=1S/C5H2BrClN4/c6-4-3-5(11-10-4)9-2(7)1-8-3/h1H,(H,9,10,11). The van der Waals surface area contributed by atoms with Crippen molar-refractivity contribution in [3.63, 3.8) is 0 Å². The van der Waals surface area contributed by atoms with E-state index < -0.39 is 0 Å². The van der Waals surface area contributed by atoms with Crippen LogP contribution in [0, 0.1) is 0 Å². The summed E-state index contributed by atoms with van der Waals surface area (Å²) in [6.45, 7) is 0. The Labute approximate surface area is 75.1 Å². The van der Waals surface area contributed by atoms with Crippen LogP contribution < -0.4 is 0 Å². The van der Waals surface area contributed by atoms with E-state index in [1.165, 1.54) is 6.20 Å². The zero-order chi connectivity index (χ0) is 7.84. The summed E-state index contributed by atoms with van der Waals surface area (Å²) in [5.41, 5.74) is 1.21. The van der Waals surface area contributed by atoms with Gasteiger partial charge in [0.1, 0.15) is 15.3 Å². The van der Waals surface area contributed by atoms with Crippen LogP contribution in [0.5, 0.6) is 0 Å². The number of nitrogens with one attached hydrogen (secondary N) is 1. The van der Waals surface area contributed by atoms with Gasteiger partial charge >= 0.3 is 0 Å². The minimum atomic E-state index is 0.344. The molecule has 0 aliphatic heterocycles. The fourth-order valence-corrected chi connectivity index (χ4v) is 1.24. The number of rotatable bonds is 0. The quantitative estimate of drug-likeness (QED) is 0.754. The molecule has 0 spiro atoms. The zero-order valence-corrected chi connectivity index (χ0v) is 7.52. The first-order chi connectivity index (χ1) is 5.27. The fraction of sp³-hybridized carbons (Fsp3) is 0. The molecule has 0 aromatic carbocycles. The number of aromatic nitrogens is 4. The number of halogens is 2. The minimum absolute atomic E-state index is 0.344. The molecule has 2 aromatic heterocycles. The van der Waals surface area contributed by atoms with E-state index in [-0.39, 0.29) is 0 Å².